The van der Waals surface area contributed by atoms with Gasteiger partial charge in [0, 0.05) is 6.54 Å². The Morgan fingerprint density at radius 2 is 2.00 bits per heavy atom. The van der Waals surface area contributed by atoms with E-state index in [1.807, 2.05) is 12.1 Å². The van der Waals surface area contributed by atoms with Gasteiger partial charge in [0.05, 0.1) is 0 Å². The summed E-state index contributed by atoms with van der Waals surface area (Å²) in [6.45, 7) is 3.80. The third-order valence-electron chi connectivity index (χ3n) is 2.49. The molecule has 88 valence electrons. The van der Waals surface area contributed by atoms with Crippen LogP contribution >= 0.6 is 0 Å². The van der Waals surface area contributed by atoms with E-state index in [9.17, 15) is 0 Å². The Labute approximate surface area is 95.7 Å². The van der Waals surface area contributed by atoms with E-state index in [0.717, 1.165) is 37.6 Å². The Hall–Kier alpha value is -1.26. The Morgan fingerprint density at radius 1 is 1.19 bits per heavy atom. The van der Waals surface area contributed by atoms with Crippen molar-refractivity contribution < 1.29 is 9.47 Å². The second-order valence-electron chi connectivity index (χ2n) is 3.80. The average molecular weight is 222 g/mol. The van der Waals surface area contributed by atoms with Gasteiger partial charge < -0.3 is 20.5 Å². The number of benzene rings is 1. The van der Waals surface area contributed by atoms with Gasteiger partial charge >= 0.3 is 0 Å². The monoisotopic (exact) mass is 222 g/mol. The first kappa shape index (κ1) is 11.2. The van der Waals surface area contributed by atoms with Crippen molar-refractivity contribution in [1.29, 1.82) is 0 Å². The molecule has 3 N–H and O–H groups in total. The Morgan fingerprint density at radius 3 is 2.81 bits per heavy atom. The van der Waals surface area contributed by atoms with E-state index in [2.05, 4.69) is 11.4 Å². The molecule has 4 nitrogen and oxygen atoms in total. The molecule has 0 spiro atoms. The second-order valence-corrected chi connectivity index (χ2v) is 3.80. The zero-order chi connectivity index (χ0) is 11.2. The van der Waals surface area contributed by atoms with Gasteiger partial charge in [-0.05, 0) is 37.2 Å². The van der Waals surface area contributed by atoms with Gasteiger partial charge in [-0.3, -0.25) is 0 Å². The van der Waals surface area contributed by atoms with Gasteiger partial charge in [0.15, 0.2) is 11.5 Å². The zero-order valence-electron chi connectivity index (χ0n) is 9.37. The molecule has 0 radical (unpaired) electrons. The number of rotatable bonds is 5. The van der Waals surface area contributed by atoms with Crippen molar-refractivity contribution in [2.24, 2.45) is 5.73 Å². The Kier molecular flexibility index (Phi) is 4.02. The predicted octanol–water partition coefficient (Wildman–Crippen LogP) is 0.896. The molecule has 0 saturated heterocycles. The lowest BCUT2D eigenvalue weighted by atomic mass is 10.2. The van der Waals surface area contributed by atoms with Crippen LogP contribution in [-0.4, -0.2) is 26.3 Å². The van der Waals surface area contributed by atoms with Crippen molar-refractivity contribution in [3.8, 4) is 11.5 Å². The van der Waals surface area contributed by atoms with Crippen molar-refractivity contribution in [1.82, 2.24) is 5.32 Å². The number of ether oxygens (including phenoxy) is 2. The van der Waals surface area contributed by atoms with Gasteiger partial charge in [-0.25, -0.2) is 0 Å². The first-order valence-electron chi connectivity index (χ1n) is 5.69. The number of nitrogens with two attached hydrogens (primary N) is 1. The minimum absolute atomic E-state index is 0.636. The molecular formula is C12H18N2O2. The van der Waals surface area contributed by atoms with Crippen LogP contribution in [0, 0.1) is 0 Å². The molecule has 0 atom stereocenters. The van der Waals surface area contributed by atoms with E-state index in [1.165, 1.54) is 5.56 Å². The molecule has 1 aromatic rings. The number of hydrogen-bond donors (Lipinski definition) is 2. The van der Waals surface area contributed by atoms with Crippen LogP contribution in [0.2, 0.25) is 0 Å². The fraction of sp³-hybridized carbons (Fsp3) is 0.500. The molecule has 16 heavy (non-hydrogen) atoms. The van der Waals surface area contributed by atoms with Gasteiger partial charge in [-0.2, -0.15) is 0 Å². The highest BCUT2D eigenvalue weighted by Gasteiger charge is 2.11. The smallest absolute Gasteiger partial charge is 0.161 e. The lowest BCUT2D eigenvalue weighted by Crippen LogP contribution is -2.18. The minimum atomic E-state index is 0.636. The second kappa shape index (κ2) is 5.72. The van der Waals surface area contributed by atoms with Gasteiger partial charge in [0.25, 0.3) is 0 Å². The summed E-state index contributed by atoms with van der Waals surface area (Å²) in [6, 6.07) is 6.06. The van der Waals surface area contributed by atoms with Gasteiger partial charge in [-0.1, -0.05) is 6.07 Å². The van der Waals surface area contributed by atoms with Crippen LogP contribution < -0.4 is 20.5 Å². The zero-order valence-corrected chi connectivity index (χ0v) is 9.37. The molecule has 4 heteroatoms. The van der Waals surface area contributed by atoms with Crippen molar-refractivity contribution in [3.05, 3.63) is 23.8 Å². The van der Waals surface area contributed by atoms with Crippen molar-refractivity contribution in [3.63, 3.8) is 0 Å². The van der Waals surface area contributed by atoms with E-state index in [-0.39, 0.29) is 0 Å². The summed E-state index contributed by atoms with van der Waals surface area (Å²) in [4.78, 5) is 0. The van der Waals surface area contributed by atoms with E-state index < -0.39 is 0 Å². The summed E-state index contributed by atoms with van der Waals surface area (Å²) >= 11 is 0. The van der Waals surface area contributed by atoms with Crippen LogP contribution in [0.4, 0.5) is 0 Å². The molecule has 1 heterocycles. The SMILES string of the molecule is NCCCNCc1ccc2c(c1)OCCO2. The molecule has 0 saturated carbocycles. The molecule has 0 unspecified atom stereocenters. The van der Waals surface area contributed by atoms with Crippen LogP contribution in [0.5, 0.6) is 11.5 Å². The lowest BCUT2D eigenvalue weighted by Gasteiger charge is -2.18. The molecule has 0 fully saturated rings. The van der Waals surface area contributed by atoms with Crippen LogP contribution in [0.1, 0.15) is 12.0 Å². The molecule has 0 aliphatic carbocycles. The maximum atomic E-state index is 5.52. The highest BCUT2D eigenvalue weighted by molar-refractivity contribution is 5.43. The number of nitrogens with one attached hydrogen (secondary N) is 1. The number of hydrogen-bond acceptors (Lipinski definition) is 4. The van der Waals surface area contributed by atoms with Crippen LogP contribution in [0.15, 0.2) is 18.2 Å². The van der Waals surface area contributed by atoms with Crippen molar-refractivity contribution >= 4 is 0 Å². The summed E-state index contributed by atoms with van der Waals surface area (Å²) in [5.74, 6) is 1.70. The third-order valence-corrected chi connectivity index (χ3v) is 2.49. The highest BCUT2D eigenvalue weighted by atomic mass is 16.6. The summed E-state index contributed by atoms with van der Waals surface area (Å²) in [7, 11) is 0. The Bertz CT molecular complexity index is 342. The van der Waals surface area contributed by atoms with Crippen LogP contribution in [0.25, 0.3) is 0 Å². The molecule has 1 aliphatic rings. The molecule has 1 aliphatic heterocycles. The summed E-state index contributed by atoms with van der Waals surface area (Å²) in [5, 5.41) is 3.33. The lowest BCUT2D eigenvalue weighted by molar-refractivity contribution is 0.171. The van der Waals surface area contributed by atoms with E-state index >= 15 is 0 Å². The van der Waals surface area contributed by atoms with Crippen LogP contribution in [-0.2, 0) is 6.54 Å². The molecule has 0 bridgehead atoms. The molecular weight excluding hydrogens is 204 g/mol. The largest absolute Gasteiger partial charge is 0.486 e. The maximum Gasteiger partial charge on any atom is 0.161 e. The first-order valence-corrected chi connectivity index (χ1v) is 5.69. The molecule has 0 amide bonds. The standard InChI is InChI=1S/C12H18N2O2/c13-4-1-5-14-9-10-2-3-11-12(8-10)16-7-6-15-11/h2-3,8,14H,1,4-7,9,13H2. The molecule has 2 rings (SSSR count). The first-order chi connectivity index (χ1) is 7.90. The molecule has 1 aromatic carbocycles. The number of fused-ring (bicyclic) bond motifs is 1. The van der Waals surface area contributed by atoms with Gasteiger partial charge in [0.1, 0.15) is 13.2 Å². The quantitative estimate of drug-likeness (QED) is 0.727. The normalized spacial score (nSPS) is 13.8. The van der Waals surface area contributed by atoms with Crippen LogP contribution in [0.3, 0.4) is 0 Å². The summed E-state index contributed by atoms with van der Waals surface area (Å²) in [5.41, 5.74) is 6.63. The van der Waals surface area contributed by atoms with E-state index in [0.29, 0.717) is 13.2 Å². The molecule has 0 aromatic heterocycles. The average Bonchev–Trinajstić information content (AvgIpc) is 2.34. The Balaban J connectivity index is 1.90. The summed E-state index contributed by atoms with van der Waals surface area (Å²) < 4.78 is 11.0. The topological polar surface area (TPSA) is 56.5 Å². The predicted molar refractivity (Wildman–Crippen MR) is 62.8 cm³/mol. The fourth-order valence-electron chi connectivity index (χ4n) is 1.66. The summed E-state index contributed by atoms with van der Waals surface area (Å²) in [6.07, 6.45) is 1.00. The van der Waals surface area contributed by atoms with Gasteiger partial charge in [-0.15, -0.1) is 0 Å². The van der Waals surface area contributed by atoms with Gasteiger partial charge in [0.2, 0.25) is 0 Å². The van der Waals surface area contributed by atoms with Crippen molar-refractivity contribution in [2.75, 3.05) is 26.3 Å². The third kappa shape index (κ3) is 2.87. The fourth-order valence-corrected chi connectivity index (χ4v) is 1.66. The maximum absolute atomic E-state index is 5.52. The van der Waals surface area contributed by atoms with E-state index in [4.69, 9.17) is 15.2 Å². The van der Waals surface area contributed by atoms with E-state index in [1.54, 1.807) is 0 Å². The minimum Gasteiger partial charge on any atom is -0.486 e. The highest BCUT2D eigenvalue weighted by Crippen LogP contribution is 2.30. The van der Waals surface area contributed by atoms with Crippen molar-refractivity contribution in [2.45, 2.75) is 13.0 Å².